The van der Waals surface area contributed by atoms with Crippen molar-refractivity contribution in [2.24, 2.45) is 0 Å². The fraction of sp³-hybridized carbons (Fsp3) is 0.250. The van der Waals surface area contributed by atoms with E-state index in [4.69, 9.17) is 11.6 Å². The maximum Gasteiger partial charge on any atom is 0.223 e. The zero-order valence-corrected chi connectivity index (χ0v) is 16.2. The van der Waals surface area contributed by atoms with Crippen LogP contribution in [0.25, 0.3) is 11.4 Å². The minimum Gasteiger partial charge on any atom is -0.312 e. The van der Waals surface area contributed by atoms with Crippen LogP contribution in [0.2, 0.25) is 5.02 Å². The summed E-state index contributed by atoms with van der Waals surface area (Å²) in [6.45, 7) is 3.93. The van der Waals surface area contributed by atoms with Crippen molar-refractivity contribution in [3.63, 3.8) is 0 Å². The number of ketones is 1. The number of nitrogens with zero attached hydrogens (tertiary/aromatic N) is 5. The largest absolute Gasteiger partial charge is 0.312 e. The maximum absolute atomic E-state index is 12.9. The second-order valence-corrected chi connectivity index (χ2v) is 7.18. The fourth-order valence-electron chi connectivity index (χ4n) is 3.36. The van der Waals surface area contributed by atoms with E-state index in [1.54, 1.807) is 36.9 Å². The van der Waals surface area contributed by atoms with Gasteiger partial charge in [0.1, 0.15) is 6.04 Å². The summed E-state index contributed by atoms with van der Waals surface area (Å²) in [7, 11) is 0. The number of rotatable bonds is 4. The summed E-state index contributed by atoms with van der Waals surface area (Å²) >= 11 is 6.01. The van der Waals surface area contributed by atoms with Gasteiger partial charge in [0.25, 0.3) is 0 Å². The normalized spacial score (nSPS) is 14.0. The molecule has 2 aromatic carbocycles. The van der Waals surface area contributed by atoms with Gasteiger partial charge >= 0.3 is 0 Å². The van der Waals surface area contributed by atoms with Crippen LogP contribution in [0.3, 0.4) is 0 Å². The molecule has 3 aromatic rings. The van der Waals surface area contributed by atoms with Crippen molar-refractivity contribution in [1.29, 1.82) is 0 Å². The van der Waals surface area contributed by atoms with Crippen molar-refractivity contribution < 1.29 is 9.59 Å². The van der Waals surface area contributed by atoms with Gasteiger partial charge in [-0.15, -0.1) is 10.2 Å². The van der Waals surface area contributed by atoms with Crippen molar-refractivity contribution in [1.82, 2.24) is 20.2 Å². The van der Waals surface area contributed by atoms with E-state index in [9.17, 15) is 9.59 Å². The lowest BCUT2D eigenvalue weighted by Crippen LogP contribution is -2.25. The molecule has 1 aliphatic heterocycles. The molecule has 0 N–H and O–H groups in total. The van der Waals surface area contributed by atoms with Crippen LogP contribution in [0, 0.1) is 0 Å². The quantitative estimate of drug-likeness (QED) is 0.633. The van der Waals surface area contributed by atoms with Gasteiger partial charge in [-0.05, 0) is 54.5 Å². The molecule has 0 bridgehead atoms. The van der Waals surface area contributed by atoms with Crippen LogP contribution >= 0.6 is 11.6 Å². The van der Waals surface area contributed by atoms with Crippen LogP contribution in [-0.4, -0.2) is 38.4 Å². The lowest BCUT2D eigenvalue weighted by Gasteiger charge is -2.15. The van der Waals surface area contributed by atoms with Crippen LogP contribution in [0.4, 0.5) is 5.69 Å². The van der Waals surface area contributed by atoms with E-state index in [-0.39, 0.29) is 11.7 Å². The van der Waals surface area contributed by atoms with Crippen LogP contribution in [0.1, 0.15) is 35.8 Å². The first-order valence-electron chi connectivity index (χ1n) is 8.95. The second-order valence-electron chi connectivity index (χ2n) is 6.75. The monoisotopic (exact) mass is 395 g/mol. The predicted molar refractivity (Wildman–Crippen MR) is 105 cm³/mol. The molecule has 0 aliphatic carbocycles. The zero-order valence-electron chi connectivity index (χ0n) is 15.5. The molecule has 0 spiro atoms. The Morgan fingerprint density at radius 2 is 2.00 bits per heavy atom. The SMILES string of the molecule is CC(=O)N1CCc2cc(C(=O)[C@H](C)n3nnc(-c4cccc(Cl)c4)n3)ccc21. The van der Waals surface area contributed by atoms with E-state index >= 15 is 0 Å². The number of carbonyl (C=O) groups is 2. The van der Waals surface area contributed by atoms with Crippen molar-refractivity contribution in [2.45, 2.75) is 26.3 Å². The van der Waals surface area contributed by atoms with Gasteiger partial charge in [0.2, 0.25) is 11.7 Å². The van der Waals surface area contributed by atoms with Gasteiger partial charge < -0.3 is 4.90 Å². The first-order valence-corrected chi connectivity index (χ1v) is 9.32. The summed E-state index contributed by atoms with van der Waals surface area (Å²) < 4.78 is 0. The van der Waals surface area contributed by atoms with Crippen molar-refractivity contribution in [3.05, 3.63) is 58.6 Å². The number of anilines is 1. The molecule has 0 unspecified atom stereocenters. The van der Waals surface area contributed by atoms with E-state index in [0.717, 1.165) is 23.2 Å². The van der Waals surface area contributed by atoms with Gasteiger partial charge in [-0.25, -0.2) is 0 Å². The number of hydrogen-bond donors (Lipinski definition) is 0. The summed E-state index contributed by atoms with van der Waals surface area (Å²) in [5.74, 6) is 0.305. The third kappa shape index (κ3) is 3.29. The summed E-state index contributed by atoms with van der Waals surface area (Å²) in [6.07, 6.45) is 0.741. The average Bonchev–Trinajstić information content (AvgIpc) is 3.33. The lowest BCUT2D eigenvalue weighted by atomic mass is 10.0. The van der Waals surface area contributed by atoms with Gasteiger partial charge in [-0.3, -0.25) is 9.59 Å². The van der Waals surface area contributed by atoms with Crippen molar-refractivity contribution in [3.8, 4) is 11.4 Å². The molecule has 28 heavy (non-hydrogen) atoms. The second kappa shape index (κ2) is 7.16. The Hall–Kier alpha value is -3.06. The summed E-state index contributed by atoms with van der Waals surface area (Å²) in [6, 6.07) is 12.0. The molecule has 1 atom stereocenters. The summed E-state index contributed by atoms with van der Waals surface area (Å²) in [5, 5.41) is 13.0. The van der Waals surface area contributed by atoms with E-state index < -0.39 is 6.04 Å². The number of amides is 1. The molecular formula is C20H18ClN5O2. The molecule has 1 amide bonds. The Labute approximate surface area is 166 Å². The van der Waals surface area contributed by atoms with Gasteiger partial charge in [-0.2, -0.15) is 4.80 Å². The van der Waals surface area contributed by atoms with Gasteiger partial charge in [-0.1, -0.05) is 23.7 Å². The number of halogens is 1. The van der Waals surface area contributed by atoms with Gasteiger partial charge in [0.15, 0.2) is 5.78 Å². The van der Waals surface area contributed by atoms with Crippen molar-refractivity contribution >= 4 is 29.0 Å². The maximum atomic E-state index is 12.9. The predicted octanol–water partition coefficient (Wildman–Crippen LogP) is 3.35. The molecule has 0 saturated carbocycles. The van der Waals surface area contributed by atoms with Crippen LogP contribution < -0.4 is 4.90 Å². The minimum atomic E-state index is -0.608. The molecule has 0 saturated heterocycles. The van der Waals surface area contributed by atoms with Crippen LogP contribution in [0.5, 0.6) is 0 Å². The number of Topliss-reactive ketones (excluding diaryl/α,β-unsaturated/α-hetero) is 1. The molecule has 0 radical (unpaired) electrons. The number of fused-ring (bicyclic) bond motifs is 1. The Bertz CT molecular complexity index is 1080. The van der Waals surface area contributed by atoms with Crippen LogP contribution in [0.15, 0.2) is 42.5 Å². The highest BCUT2D eigenvalue weighted by molar-refractivity contribution is 6.30. The number of carbonyl (C=O) groups excluding carboxylic acids is 2. The summed E-state index contributed by atoms with van der Waals surface area (Å²) in [5.41, 5.74) is 3.18. The number of tetrazole rings is 1. The van der Waals surface area contributed by atoms with E-state index in [2.05, 4.69) is 15.4 Å². The topological polar surface area (TPSA) is 81.0 Å². The van der Waals surface area contributed by atoms with E-state index in [1.165, 1.54) is 4.80 Å². The summed E-state index contributed by atoms with van der Waals surface area (Å²) in [4.78, 5) is 27.7. The Morgan fingerprint density at radius 1 is 1.18 bits per heavy atom. The van der Waals surface area contributed by atoms with E-state index in [1.807, 2.05) is 24.3 Å². The highest BCUT2D eigenvalue weighted by Crippen LogP contribution is 2.30. The standard InChI is InChI=1S/C20H18ClN5O2/c1-12(26-23-20(22-24-26)16-4-3-5-17(21)11-16)19(28)15-6-7-18-14(10-15)8-9-25(18)13(2)27/h3-7,10-12H,8-9H2,1-2H3/t12-/m0/s1. The molecule has 142 valence electrons. The molecule has 2 heterocycles. The third-order valence-corrected chi connectivity index (χ3v) is 5.11. The average molecular weight is 396 g/mol. The number of aromatic nitrogens is 4. The first-order chi connectivity index (χ1) is 13.4. The molecule has 4 rings (SSSR count). The Kier molecular flexibility index (Phi) is 4.68. The highest BCUT2D eigenvalue weighted by atomic mass is 35.5. The molecule has 8 heteroatoms. The smallest absolute Gasteiger partial charge is 0.223 e. The Balaban J connectivity index is 1.57. The minimum absolute atomic E-state index is 0.00607. The number of benzene rings is 2. The van der Waals surface area contributed by atoms with Crippen molar-refractivity contribution in [2.75, 3.05) is 11.4 Å². The first kappa shape index (κ1) is 18.3. The fourth-order valence-corrected chi connectivity index (χ4v) is 3.55. The molecular weight excluding hydrogens is 378 g/mol. The van der Waals surface area contributed by atoms with Gasteiger partial charge in [0, 0.05) is 35.3 Å². The molecule has 0 fully saturated rings. The molecule has 1 aromatic heterocycles. The molecule has 7 nitrogen and oxygen atoms in total. The highest BCUT2D eigenvalue weighted by Gasteiger charge is 2.25. The third-order valence-electron chi connectivity index (χ3n) is 4.88. The lowest BCUT2D eigenvalue weighted by molar-refractivity contribution is -0.116. The van der Waals surface area contributed by atoms with E-state index in [0.29, 0.717) is 23.0 Å². The van der Waals surface area contributed by atoms with Crippen LogP contribution in [-0.2, 0) is 11.2 Å². The number of hydrogen-bond acceptors (Lipinski definition) is 5. The zero-order chi connectivity index (χ0) is 19.8. The Morgan fingerprint density at radius 3 is 2.75 bits per heavy atom. The van der Waals surface area contributed by atoms with Gasteiger partial charge in [0.05, 0.1) is 0 Å². The molecule has 1 aliphatic rings.